The van der Waals surface area contributed by atoms with Crippen molar-refractivity contribution >= 4 is 35.1 Å². The highest BCUT2D eigenvalue weighted by atomic mass is 35.5. The molecule has 1 aliphatic rings. The topological polar surface area (TPSA) is 82.9 Å². The molecule has 1 N–H and O–H groups in total. The molecule has 2 heterocycles. The van der Waals surface area contributed by atoms with Gasteiger partial charge in [-0.15, -0.1) is 0 Å². The molecular formula is C17H16ClN3O4. The van der Waals surface area contributed by atoms with Crippen LogP contribution in [0.2, 0.25) is 5.02 Å². The monoisotopic (exact) mass is 361 g/mol. The molecule has 1 aromatic carbocycles. The van der Waals surface area contributed by atoms with E-state index in [1.807, 2.05) is 0 Å². The fourth-order valence-electron chi connectivity index (χ4n) is 2.61. The number of carbonyl (C=O) groups is 3. The van der Waals surface area contributed by atoms with Gasteiger partial charge in [-0.3, -0.25) is 19.4 Å². The lowest BCUT2D eigenvalue weighted by molar-refractivity contribution is -0.131. The van der Waals surface area contributed by atoms with Crippen LogP contribution in [0.5, 0.6) is 0 Å². The Morgan fingerprint density at radius 3 is 2.60 bits per heavy atom. The lowest BCUT2D eigenvalue weighted by atomic mass is 10.2. The maximum absolute atomic E-state index is 12.6. The molecule has 1 atom stereocenters. The normalized spacial score (nSPS) is 17.3. The summed E-state index contributed by atoms with van der Waals surface area (Å²) in [6.07, 6.45) is 1.50. The smallest absolute Gasteiger partial charge is 0.332 e. The van der Waals surface area contributed by atoms with E-state index in [9.17, 15) is 14.4 Å². The number of benzene rings is 1. The third kappa shape index (κ3) is 3.51. The molecule has 1 aliphatic heterocycles. The summed E-state index contributed by atoms with van der Waals surface area (Å²) < 4.78 is 5.12. The second-order valence-electron chi connectivity index (χ2n) is 5.59. The Balaban J connectivity index is 1.67. The summed E-state index contributed by atoms with van der Waals surface area (Å²) in [6, 6.07) is 8.80. The summed E-state index contributed by atoms with van der Waals surface area (Å²) in [7, 11) is 0. The number of hydrogen-bond donors (Lipinski definition) is 1. The van der Waals surface area contributed by atoms with Gasteiger partial charge < -0.3 is 9.73 Å². The van der Waals surface area contributed by atoms with E-state index in [1.165, 1.54) is 11.2 Å². The lowest BCUT2D eigenvalue weighted by Gasteiger charge is -2.19. The Bertz CT molecular complexity index is 789. The van der Waals surface area contributed by atoms with Crippen molar-refractivity contribution in [1.29, 1.82) is 0 Å². The Hall–Kier alpha value is -2.80. The van der Waals surface area contributed by atoms with Crippen LogP contribution in [0.4, 0.5) is 10.5 Å². The average Bonchev–Trinajstić information content (AvgIpc) is 3.18. The van der Waals surface area contributed by atoms with Gasteiger partial charge in [0.1, 0.15) is 18.3 Å². The molecular weight excluding hydrogens is 346 g/mol. The SMILES string of the molecule is CC1C(=O)N(CC(=O)NCc2ccco2)C(=O)N1c1ccc(Cl)cc1. The van der Waals surface area contributed by atoms with Gasteiger partial charge in [0.2, 0.25) is 5.91 Å². The maximum Gasteiger partial charge on any atom is 0.332 e. The summed E-state index contributed by atoms with van der Waals surface area (Å²) in [6.45, 7) is 1.47. The molecule has 1 unspecified atom stereocenters. The first kappa shape index (κ1) is 17.0. The van der Waals surface area contributed by atoms with Gasteiger partial charge in [0.25, 0.3) is 5.91 Å². The highest BCUT2D eigenvalue weighted by molar-refractivity contribution is 6.30. The lowest BCUT2D eigenvalue weighted by Crippen LogP contribution is -2.41. The Labute approximate surface area is 149 Å². The number of rotatable bonds is 5. The number of amides is 4. The maximum atomic E-state index is 12.6. The zero-order chi connectivity index (χ0) is 18.0. The minimum absolute atomic E-state index is 0.193. The van der Waals surface area contributed by atoms with Crippen LogP contribution in [0.15, 0.2) is 47.1 Å². The van der Waals surface area contributed by atoms with E-state index in [4.69, 9.17) is 16.0 Å². The fourth-order valence-corrected chi connectivity index (χ4v) is 2.73. The van der Waals surface area contributed by atoms with Crippen molar-refractivity contribution in [2.24, 2.45) is 0 Å². The van der Waals surface area contributed by atoms with Crippen molar-refractivity contribution < 1.29 is 18.8 Å². The number of imide groups is 1. The second-order valence-corrected chi connectivity index (χ2v) is 6.02. The number of nitrogens with one attached hydrogen (secondary N) is 1. The van der Waals surface area contributed by atoms with Crippen molar-refractivity contribution in [2.45, 2.75) is 19.5 Å². The number of urea groups is 1. The first-order valence-electron chi connectivity index (χ1n) is 7.66. The molecule has 3 rings (SSSR count). The largest absolute Gasteiger partial charge is 0.467 e. The van der Waals surface area contributed by atoms with Gasteiger partial charge in [-0.25, -0.2) is 4.79 Å². The predicted molar refractivity (Wildman–Crippen MR) is 91.1 cm³/mol. The van der Waals surface area contributed by atoms with Gasteiger partial charge in [0.05, 0.1) is 12.8 Å². The third-order valence-electron chi connectivity index (χ3n) is 3.89. The minimum Gasteiger partial charge on any atom is -0.467 e. The van der Waals surface area contributed by atoms with Crippen LogP contribution in [0.1, 0.15) is 12.7 Å². The number of carbonyl (C=O) groups excluding carboxylic acids is 3. The van der Waals surface area contributed by atoms with Crippen molar-refractivity contribution in [3.8, 4) is 0 Å². The molecule has 130 valence electrons. The number of furan rings is 1. The summed E-state index contributed by atoms with van der Waals surface area (Å²) in [5.74, 6) is -0.278. The van der Waals surface area contributed by atoms with Crippen molar-refractivity contribution in [3.63, 3.8) is 0 Å². The van der Waals surface area contributed by atoms with E-state index in [1.54, 1.807) is 43.3 Å². The van der Waals surface area contributed by atoms with E-state index in [2.05, 4.69) is 5.32 Å². The highest BCUT2D eigenvalue weighted by Gasteiger charge is 2.43. The molecule has 0 aliphatic carbocycles. The van der Waals surface area contributed by atoms with Crippen LogP contribution in [-0.4, -0.2) is 35.3 Å². The number of nitrogens with zero attached hydrogens (tertiary/aromatic N) is 2. The van der Waals surface area contributed by atoms with Crippen molar-refractivity contribution in [1.82, 2.24) is 10.2 Å². The molecule has 0 radical (unpaired) electrons. The van der Waals surface area contributed by atoms with Crippen LogP contribution >= 0.6 is 11.6 Å². The predicted octanol–water partition coefficient (Wildman–Crippen LogP) is 2.41. The first-order valence-corrected chi connectivity index (χ1v) is 8.04. The van der Waals surface area contributed by atoms with Gasteiger partial charge in [-0.1, -0.05) is 11.6 Å². The van der Waals surface area contributed by atoms with E-state index in [0.29, 0.717) is 16.5 Å². The minimum atomic E-state index is -0.688. The van der Waals surface area contributed by atoms with Crippen LogP contribution in [0, 0.1) is 0 Å². The van der Waals surface area contributed by atoms with Crippen molar-refractivity contribution in [3.05, 3.63) is 53.4 Å². The summed E-state index contributed by atoms with van der Waals surface area (Å²) >= 11 is 5.85. The number of anilines is 1. The molecule has 1 saturated heterocycles. The molecule has 7 nitrogen and oxygen atoms in total. The summed E-state index contributed by atoms with van der Waals surface area (Å²) in [5.41, 5.74) is 0.550. The Morgan fingerprint density at radius 2 is 1.96 bits per heavy atom. The Kier molecular flexibility index (Phi) is 4.76. The Morgan fingerprint density at radius 1 is 1.24 bits per heavy atom. The third-order valence-corrected chi connectivity index (χ3v) is 4.15. The number of halogens is 1. The van der Waals surface area contributed by atoms with Gasteiger partial charge in [0, 0.05) is 10.7 Å². The van der Waals surface area contributed by atoms with E-state index < -0.39 is 23.9 Å². The molecule has 4 amide bonds. The van der Waals surface area contributed by atoms with Gasteiger partial charge in [0.15, 0.2) is 0 Å². The molecule has 0 bridgehead atoms. The van der Waals surface area contributed by atoms with E-state index in [-0.39, 0.29) is 13.1 Å². The standard InChI is InChI=1S/C17H16ClN3O4/c1-11-16(23)20(10-15(22)19-9-14-3-2-8-25-14)17(24)21(11)13-6-4-12(18)5-7-13/h2-8,11H,9-10H2,1H3,(H,19,22). The van der Waals surface area contributed by atoms with Crippen LogP contribution in [-0.2, 0) is 16.1 Å². The van der Waals surface area contributed by atoms with E-state index >= 15 is 0 Å². The fraction of sp³-hybridized carbons (Fsp3) is 0.235. The molecule has 0 spiro atoms. The van der Waals surface area contributed by atoms with Crippen molar-refractivity contribution in [2.75, 3.05) is 11.4 Å². The van der Waals surface area contributed by atoms with Gasteiger partial charge >= 0.3 is 6.03 Å². The van der Waals surface area contributed by atoms with Crippen LogP contribution < -0.4 is 10.2 Å². The van der Waals surface area contributed by atoms with Crippen LogP contribution in [0.3, 0.4) is 0 Å². The molecule has 1 aromatic heterocycles. The molecule has 8 heteroatoms. The molecule has 0 saturated carbocycles. The quantitative estimate of drug-likeness (QED) is 0.829. The molecule has 1 fully saturated rings. The molecule has 2 aromatic rings. The summed E-state index contributed by atoms with van der Waals surface area (Å²) in [5, 5.41) is 3.15. The van der Waals surface area contributed by atoms with Gasteiger partial charge in [-0.05, 0) is 43.3 Å². The number of hydrogen-bond acceptors (Lipinski definition) is 4. The van der Waals surface area contributed by atoms with Crippen LogP contribution in [0.25, 0.3) is 0 Å². The summed E-state index contributed by atoms with van der Waals surface area (Å²) in [4.78, 5) is 39.3. The average molecular weight is 362 g/mol. The zero-order valence-electron chi connectivity index (χ0n) is 13.4. The van der Waals surface area contributed by atoms with Gasteiger partial charge in [-0.2, -0.15) is 0 Å². The zero-order valence-corrected chi connectivity index (χ0v) is 14.2. The van der Waals surface area contributed by atoms with E-state index in [0.717, 1.165) is 4.90 Å². The second kappa shape index (κ2) is 6.98. The first-order chi connectivity index (χ1) is 12.0. The highest BCUT2D eigenvalue weighted by Crippen LogP contribution is 2.26. The molecule has 25 heavy (non-hydrogen) atoms.